The monoisotopic (exact) mass is 353 g/mol. The first-order valence-electron chi connectivity index (χ1n) is 8.21. The van der Waals surface area contributed by atoms with E-state index in [1.54, 1.807) is 7.11 Å². The lowest BCUT2D eigenvalue weighted by atomic mass is 9.92. The van der Waals surface area contributed by atoms with E-state index in [2.05, 4.69) is 47.2 Å². The van der Waals surface area contributed by atoms with Crippen LogP contribution >= 0.6 is 15.9 Å². The lowest BCUT2D eigenvalue weighted by Gasteiger charge is -2.27. The molecule has 0 aliphatic heterocycles. The van der Waals surface area contributed by atoms with E-state index in [1.807, 2.05) is 6.07 Å². The summed E-state index contributed by atoms with van der Waals surface area (Å²) in [6.07, 6.45) is 8.41. The van der Waals surface area contributed by atoms with Crippen LogP contribution in [0, 0.1) is 5.92 Å². The molecule has 3 heteroatoms. The molecular weight excluding hydrogens is 326 g/mol. The van der Waals surface area contributed by atoms with Crippen LogP contribution in [-0.4, -0.2) is 13.2 Å². The first-order valence-corrected chi connectivity index (χ1v) is 9.00. The predicted molar refractivity (Wildman–Crippen MR) is 92.9 cm³/mol. The topological polar surface area (TPSA) is 21.3 Å². The molecule has 2 nitrogen and oxygen atoms in total. The van der Waals surface area contributed by atoms with Gasteiger partial charge in [-0.3, -0.25) is 0 Å². The summed E-state index contributed by atoms with van der Waals surface area (Å²) in [4.78, 5) is 0. The van der Waals surface area contributed by atoms with Crippen LogP contribution in [0.1, 0.15) is 64.0 Å². The van der Waals surface area contributed by atoms with Gasteiger partial charge in [0.1, 0.15) is 5.75 Å². The van der Waals surface area contributed by atoms with Crippen molar-refractivity contribution >= 4 is 15.9 Å². The van der Waals surface area contributed by atoms with Crippen LogP contribution in [0.3, 0.4) is 0 Å². The van der Waals surface area contributed by atoms with Gasteiger partial charge in [-0.2, -0.15) is 0 Å². The Morgan fingerprint density at radius 3 is 2.38 bits per heavy atom. The first-order chi connectivity index (χ1) is 10.1. The van der Waals surface area contributed by atoms with Gasteiger partial charge in [0.15, 0.2) is 0 Å². The summed E-state index contributed by atoms with van der Waals surface area (Å²) in [5.41, 5.74) is 1.31. The van der Waals surface area contributed by atoms with Crippen LogP contribution in [0.15, 0.2) is 22.7 Å². The highest BCUT2D eigenvalue weighted by Gasteiger charge is 2.21. The Morgan fingerprint density at radius 2 is 1.81 bits per heavy atom. The summed E-state index contributed by atoms with van der Waals surface area (Å²) >= 11 is 3.58. The van der Waals surface area contributed by atoms with Crippen LogP contribution in [0.2, 0.25) is 0 Å². The first kappa shape index (κ1) is 16.8. The molecule has 0 spiro atoms. The van der Waals surface area contributed by atoms with Crippen molar-refractivity contribution < 1.29 is 4.74 Å². The summed E-state index contributed by atoms with van der Waals surface area (Å²) < 4.78 is 6.33. The van der Waals surface area contributed by atoms with Gasteiger partial charge in [-0.1, -0.05) is 31.7 Å². The average Bonchev–Trinajstić information content (AvgIpc) is 2.76. The van der Waals surface area contributed by atoms with Crippen LogP contribution in [0.4, 0.5) is 0 Å². The molecule has 1 aliphatic rings. The van der Waals surface area contributed by atoms with Gasteiger partial charge in [0, 0.05) is 12.1 Å². The van der Waals surface area contributed by atoms with Gasteiger partial charge < -0.3 is 10.1 Å². The fourth-order valence-electron chi connectivity index (χ4n) is 3.39. The van der Waals surface area contributed by atoms with Crippen LogP contribution in [0.5, 0.6) is 5.75 Å². The molecule has 21 heavy (non-hydrogen) atoms. The number of benzene rings is 1. The van der Waals surface area contributed by atoms with Crippen molar-refractivity contribution in [3.63, 3.8) is 0 Å². The molecule has 1 fully saturated rings. The second kappa shape index (κ2) is 8.19. The Morgan fingerprint density at radius 1 is 1.14 bits per heavy atom. The Balaban J connectivity index is 1.96. The van der Waals surface area contributed by atoms with Crippen molar-refractivity contribution in [1.82, 2.24) is 5.32 Å². The van der Waals surface area contributed by atoms with Gasteiger partial charge in [-0.05, 0) is 66.2 Å². The maximum atomic E-state index is 5.30. The number of rotatable bonds is 5. The summed E-state index contributed by atoms with van der Waals surface area (Å²) in [5, 5.41) is 3.80. The third-order valence-electron chi connectivity index (χ3n) is 4.80. The largest absolute Gasteiger partial charge is 0.496 e. The van der Waals surface area contributed by atoms with Gasteiger partial charge in [-0.15, -0.1) is 0 Å². The minimum Gasteiger partial charge on any atom is -0.496 e. The van der Waals surface area contributed by atoms with Crippen LogP contribution < -0.4 is 10.1 Å². The second-order valence-corrected chi connectivity index (χ2v) is 7.18. The molecule has 118 valence electrons. The Kier molecular flexibility index (Phi) is 6.56. The molecular formula is C18H28BrNO. The predicted octanol–water partition coefficient (Wildman–Crippen LogP) is 5.47. The zero-order chi connectivity index (χ0) is 15.2. The van der Waals surface area contributed by atoms with Crippen LogP contribution in [-0.2, 0) is 0 Å². The van der Waals surface area contributed by atoms with E-state index in [0.717, 1.165) is 16.1 Å². The molecule has 0 saturated heterocycles. The molecule has 1 N–H and O–H groups in total. The zero-order valence-corrected chi connectivity index (χ0v) is 15.1. The number of methoxy groups -OCH3 is 1. The standard InChI is InChI=1S/C18H28BrNO/c1-13(15-8-6-4-5-7-9-15)20-14(2)16-10-11-18(21-3)17(19)12-16/h10-15,20H,4-9H2,1-3H3/t13-,14?/m1/s1. The van der Waals surface area contributed by atoms with E-state index >= 15 is 0 Å². The Labute approximate surface area is 137 Å². The zero-order valence-electron chi connectivity index (χ0n) is 13.5. The molecule has 1 unspecified atom stereocenters. The fraction of sp³-hybridized carbons (Fsp3) is 0.667. The fourth-order valence-corrected chi connectivity index (χ4v) is 3.95. The highest BCUT2D eigenvalue weighted by molar-refractivity contribution is 9.10. The van der Waals surface area contributed by atoms with Crippen molar-refractivity contribution in [1.29, 1.82) is 0 Å². The van der Waals surface area contributed by atoms with E-state index in [0.29, 0.717) is 12.1 Å². The molecule has 1 aromatic carbocycles. The quantitative estimate of drug-likeness (QED) is 0.708. The number of ether oxygens (including phenoxy) is 1. The van der Waals surface area contributed by atoms with Crippen molar-refractivity contribution in [3.05, 3.63) is 28.2 Å². The Hall–Kier alpha value is -0.540. The van der Waals surface area contributed by atoms with E-state index < -0.39 is 0 Å². The molecule has 0 radical (unpaired) electrons. The highest BCUT2D eigenvalue weighted by atomic mass is 79.9. The molecule has 0 heterocycles. The summed E-state index contributed by atoms with van der Waals surface area (Å²) in [7, 11) is 1.70. The highest BCUT2D eigenvalue weighted by Crippen LogP contribution is 2.30. The average molecular weight is 354 g/mol. The SMILES string of the molecule is COc1ccc(C(C)N[C@H](C)C2CCCCCC2)cc1Br. The molecule has 1 aromatic rings. The molecule has 0 amide bonds. The third-order valence-corrected chi connectivity index (χ3v) is 5.42. The van der Waals surface area contributed by atoms with E-state index in [-0.39, 0.29) is 0 Å². The summed E-state index contributed by atoms with van der Waals surface area (Å²) in [6, 6.07) is 7.30. The van der Waals surface area contributed by atoms with Crippen molar-refractivity contribution in [3.8, 4) is 5.75 Å². The van der Waals surface area contributed by atoms with Crippen molar-refractivity contribution in [2.75, 3.05) is 7.11 Å². The molecule has 1 saturated carbocycles. The van der Waals surface area contributed by atoms with Gasteiger partial charge in [0.2, 0.25) is 0 Å². The number of halogens is 1. The maximum absolute atomic E-state index is 5.30. The lowest BCUT2D eigenvalue weighted by Crippen LogP contribution is -2.35. The van der Waals surface area contributed by atoms with Crippen molar-refractivity contribution in [2.45, 2.75) is 64.5 Å². The van der Waals surface area contributed by atoms with Gasteiger partial charge in [0.25, 0.3) is 0 Å². The lowest BCUT2D eigenvalue weighted by molar-refractivity contribution is 0.316. The van der Waals surface area contributed by atoms with Gasteiger partial charge in [-0.25, -0.2) is 0 Å². The van der Waals surface area contributed by atoms with E-state index in [9.17, 15) is 0 Å². The number of hydrogen-bond donors (Lipinski definition) is 1. The molecule has 2 atom stereocenters. The second-order valence-electron chi connectivity index (χ2n) is 6.32. The van der Waals surface area contributed by atoms with Gasteiger partial charge in [0.05, 0.1) is 11.6 Å². The molecule has 0 aromatic heterocycles. The van der Waals surface area contributed by atoms with Crippen LogP contribution in [0.25, 0.3) is 0 Å². The minimum atomic E-state index is 0.366. The number of nitrogens with one attached hydrogen (secondary N) is 1. The number of hydrogen-bond acceptors (Lipinski definition) is 2. The Bertz CT molecular complexity index is 441. The molecule has 0 bridgehead atoms. The van der Waals surface area contributed by atoms with Crippen molar-refractivity contribution in [2.24, 2.45) is 5.92 Å². The summed E-state index contributed by atoms with van der Waals surface area (Å²) in [5.74, 6) is 1.72. The van der Waals surface area contributed by atoms with E-state index in [1.165, 1.54) is 44.1 Å². The maximum Gasteiger partial charge on any atom is 0.133 e. The molecule has 1 aliphatic carbocycles. The van der Waals surface area contributed by atoms with E-state index in [4.69, 9.17) is 4.74 Å². The minimum absolute atomic E-state index is 0.366. The normalized spacial score (nSPS) is 19.8. The molecule has 2 rings (SSSR count). The third kappa shape index (κ3) is 4.72. The summed E-state index contributed by atoms with van der Waals surface area (Å²) in [6.45, 7) is 4.60. The van der Waals surface area contributed by atoms with Gasteiger partial charge >= 0.3 is 0 Å². The smallest absolute Gasteiger partial charge is 0.133 e.